The van der Waals surface area contributed by atoms with E-state index >= 15 is 0 Å². The van der Waals surface area contributed by atoms with Gasteiger partial charge in [0.2, 0.25) is 0 Å². The molecule has 0 spiro atoms. The number of amides is 1. The molecular weight excluding hydrogens is 340 g/mol. The quantitative estimate of drug-likeness (QED) is 0.747. The van der Waals surface area contributed by atoms with Gasteiger partial charge in [-0.15, -0.1) is 0 Å². The van der Waals surface area contributed by atoms with Crippen molar-refractivity contribution in [3.05, 3.63) is 77.4 Å². The minimum Gasteiger partial charge on any atom is -0.505 e. The average molecular weight is 362 g/mol. The number of hydrogen-bond donors (Lipinski definition) is 2. The summed E-state index contributed by atoms with van der Waals surface area (Å²) in [6, 6.07) is 13.4. The Kier molecular flexibility index (Phi) is 4.87. The topological polar surface area (TPSA) is 82.1 Å². The van der Waals surface area contributed by atoms with Crippen LogP contribution < -0.4 is 0 Å². The zero-order valence-electron chi connectivity index (χ0n) is 15.0. The van der Waals surface area contributed by atoms with Gasteiger partial charge in [-0.1, -0.05) is 30.3 Å². The van der Waals surface area contributed by atoms with E-state index in [4.69, 9.17) is 0 Å². The summed E-state index contributed by atoms with van der Waals surface area (Å²) < 4.78 is 0. The van der Waals surface area contributed by atoms with Crippen molar-refractivity contribution in [2.24, 2.45) is 0 Å². The number of pyridine rings is 1. The van der Waals surface area contributed by atoms with E-state index in [1.807, 2.05) is 24.4 Å². The van der Waals surface area contributed by atoms with Crippen LogP contribution in [0.1, 0.15) is 46.1 Å². The van der Waals surface area contributed by atoms with Crippen molar-refractivity contribution in [2.45, 2.75) is 25.2 Å². The second-order valence-electron chi connectivity index (χ2n) is 6.93. The van der Waals surface area contributed by atoms with E-state index in [1.54, 1.807) is 11.0 Å². The summed E-state index contributed by atoms with van der Waals surface area (Å²) >= 11 is 0. The van der Waals surface area contributed by atoms with E-state index in [0.717, 1.165) is 25.0 Å². The molecule has 1 aromatic carbocycles. The van der Waals surface area contributed by atoms with Gasteiger partial charge in [0.25, 0.3) is 5.91 Å². The summed E-state index contributed by atoms with van der Waals surface area (Å²) in [7, 11) is 0. The molecule has 6 nitrogen and oxygen atoms in total. The molecule has 1 fully saturated rings. The Labute approximate surface area is 157 Å². The number of nitrogens with zero attached hydrogens (tertiary/aromatic N) is 3. The second kappa shape index (κ2) is 7.61. The Morgan fingerprint density at radius 1 is 1.22 bits per heavy atom. The lowest BCUT2D eigenvalue weighted by molar-refractivity contribution is 0.0696. The minimum absolute atomic E-state index is 0.0732. The number of benzene rings is 1. The first-order valence-electron chi connectivity index (χ1n) is 9.21. The molecule has 1 atom stereocenters. The fourth-order valence-electron chi connectivity index (χ4n) is 3.74. The molecule has 0 radical (unpaired) electrons. The van der Waals surface area contributed by atoms with E-state index in [1.165, 1.54) is 23.4 Å². The number of carbonyl (C=O) groups is 1. The molecule has 2 N–H and O–H groups in total. The molecule has 1 aliphatic heterocycles. The van der Waals surface area contributed by atoms with Crippen LogP contribution in [0.4, 0.5) is 0 Å². The van der Waals surface area contributed by atoms with Crippen LogP contribution in [-0.4, -0.2) is 44.2 Å². The number of aromatic amines is 1. The maximum absolute atomic E-state index is 12.8. The van der Waals surface area contributed by atoms with Crippen LogP contribution in [-0.2, 0) is 6.42 Å². The van der Waals surface area contributed by atoms with Gasteiger partial charge in [-0.3, -0.25) is 9.89 Å². The summed E-state index contributed by atoms with van der Waals surface area (Å²) in [6.07, 6.45) is 6.14. The van der Waals surface area contributed by atoms with E-state index in [0.29, 0.717) is 13.1 Å². The predicted molar refractivity (Wildman–Crippen MR) is 102 cm³/mol. The summed E-state index contributed by atoms with van der Waals surface area (Å²) in [5.41, 5.74) is 3.62. The Balaban J connectivity index is 1.52. The van der Waals surface area contributed by atoms with Crippen molar-refractivity contribution in [3.8, 4) is 5.75 Å². The first kappa shape index (κ1) is 17.3. The van der Waals surface area contributed by atoms with Crippen LogP contribution in [0.2, 0.25) is 0 Å². The molecule has 2 aromatic heterocycles. The largest absolute Gasteiger partial charge is 0.505 e. The molecule has 0 saturated carbocycles. The van der Waals surface area contributed by atoms with Gasteiger partial charge in [0.05, 0.1) is 6.20 Å². The highest BCUT2D eigenvalue weighted by atomic mass is 16.3. The second-order valence-corrected chi connectivity index (χ2v) is 6.93. The highest BCUT2D eigenvalue weighted by molar-refractivity contribution is 5.94. The summed E-state index contributed by atoms with van der Waals surface area (Å²) in [6.45, 7) is 1.27. The average Bonchev–Trinajstić information content (AvgIpc) is 3.17. The van der Waals surface area contributed by atoms with Crippen molar-refractivity contribution in [2.75, 3.05) is 13.1 Å². The molecule has 0 aliphatic carbocycles. The molecule has 1 amide bonds. The van der Waals surface area contributed by atoms with Crippen LogP contribution in [0.5, 0.6) is 5.75 Å². The first-order valence-corrected chi connectivity index (χ1v) is 9.21. The molecule has 1 saturated heterocycles. The van der Waals surface area contributed by atoms with Gasteiger partial charge in [0.15, 0.2) is 5.69 Å². The normalized spacial score (nSPS) is 17.0. The van der Waals surface area contributed by atoms with Crippen molar-refractivity contribution < 1.29 is 9.90 Å². The van der Waals surface area contributed by atoms with Gasteiger partial charge >= 0.3 is 0 Å². The summed E-state index contributed by atoms with van der Waals surface area (Å²) in [5, 5.41) is 17.4. The van der Waals surface area contributed by atoms with Crippen molar-refractivity contribution in [3.63, 3.8) is 0 Å². The Morgan fingerprint density at radius 3 is 2.89 bits per heavy atom. The van der Waals surface area contributed by atoms with Gasteiger partial charge in [-0.05, 0) is 36.1 Å². The van der Waals surface area contributed by atoms with Gasteiger partial charge in [-0.2, -0.15) is 5.10 Å². The fraction of sp³-hybridized carbons (Fsp3) is 0.286. The number of rotatable bonds is 4. The fourth-order valence-corrected chi connectivity index (χ4v) is 3.74. The molecule has 3 heterocycles. The number of aromatic hydroxyl groups is 1. The van der Waals surface area contributed by atoms with Crippen LogP contribution in [0, 0.1) is 0 Å². The van der Waals surface area contributed by atoms with E-state index in [2.05, 4.69) is 27.3 Å². The van der Waals surface area contributed by atoms with E-state index in [-0.39, 0.29) is 23.3 Å². The third kappa shape index (κ3) is 3.69. The van der Waals surface area contributed by atoms with Crippen molar-refractivity contribution in [1.82, 2.24) is 20.1 Å². The number of nitrogens with one attached hydrogen (secondary N) is 1. The number of H-pyrrole nitrogens is 1. The monoisotopic (exact) mass is 362 g/mol. The Hall–Kier alpha value is -3.15. The highest BCUT2D eigenvalue weighted by Crippen LogP contribution is 2.30. The molecule has 3 aromatic rings. The van der Waals surface area contributed by atoms with Crippen LogP contribution >= 0.6 is 0 Å². The lowest BCUT2D eigenvalue weighted by Gasteiger charge is -2.32. The zero-order valence-corrected chi connectivity index (χ0v) is 15.0. The highest BCUT2D eigenvalue weighted by Gasteiger charge is 2.29. The number of piperidine rings is 1. The smallest absolute Gasteiger partial charge is 0.276 e. The van der Waals surface area contributed by atoms with Crippen molar-refractivity contribution in [1.29, 1.82) is 0 Å². The predicted octanol–water partition coefficient (Wildman–Crippen LogP) is 3.12. The third-order valence-electron chi connectivity index (χ3n) is 5.09. The standard InChI is InChI=1S/C21H22N4O2/c26-18-9-4-10-22-20(18)21(27)25-11-5-8-16(14-25)19-17(13-23-24-19)12-15-6-2-1-3-7-15/h1-4,6-7,9-10,13,16,26H,5,8,11-12,14H2,(H,23,24). The molecular formula is C21H22N4O2. The zero-order chi connectivity index (χ0) is 18.6. The van der Waals surface area contributed by atoms with Crippen molar-refractivity contribution >= 4 is 5.91 Å². The molecule has 138 valence electrons. The maximum atomic E-state index is 12.8. The van der Waals surface area contributed by atoms with Gasteiger partial charge in [0, 0.05) is 37.3 Å². The Morgan fingerprint density at radius 2 is 2.07 bits per heavy atom. The molecule has 4 rings (SSSR count). The minimum atomic E-state index is -0.220. The lowest BCUT2D eigenvalue weighted by Crippen LogP contribution is -2.39. The van der Waals surface area contributed by atoms with Crippen LogP contribution in [0.15, 0.2) is 54.9 Å². The van der Waals surface area contributed by atoms with Crippen LogP contribution in [0.3, 0.4) is 0 Å². The number of aromatic nitrogens is 3. The third-order valence-corrected chi connectivity index (χ3v) is 5.09. The molecule has 1 unspecified atom stereocenters. The van der Waals surface area contributed by atoms with Crippen LogP contribution in [0.25, 0.3) is 0 Å². The molecule has 1 aliphatic rings. The maximum Gasteiger partial charge on any atom is 0.276 e. The van der Waals surface area contributed by atoms with Gasteiger partial charge < -0.3 is 10.0 Å². The summed E-state index contributed by atoms with van der Waals surface area (Å²) in [5.74, 6) is -0.0902. The molecule has 27 heavy (non-hydrogen) atoms. The van der Waals surface area contributed by atoms with Gasteiger partial charge in [-0.25, -0.2) is 4.98 Å². The molecule has 6 heteroatoms. The number of likely N-dealkylation sites (tertiary alicyclic amines) is 1. The SMILES string of the molecule is O=C(c1ncccc1O)N1CCCC(c2[nH]ncc2Cc2ccccc2)C1. The first-order chi connectivity index (χ1) is 13.2. The summed E-state index contributed by atoms with van der Waals surface area (Å²) in [4.78, 5) is 18.6. The molecule has 0 bridgehead atoms. The number of hydrogen-bond acceptors (Lipinski definition) is 4. The van der Waals surface area contributed by atoms with E-state index < -0.39 is 0 Å². The van der Waals surface area contributed by atoms with E-state index in [9.17, 15) is 9.90 Å². The van der Waals surface area contributed by atoms with Gasteiger partial charge in [0.1, 0.15) is 5.75 Å². The number of carbonyl (C=O) groups excluding carboxylic acids is 1. The Bertz CT molecular complexity index is 923. The lowest BCUT2D eigenvalue weighted by atomic mass is 9.90.